The lowest BCUT2D eigenvalue weighted by Crippen LogP contribution is -2.17. The first-order valence-corrected chi connectivity index (χ1v) is 8.18. The Morgan fingerprint density at radius 2 is 2.00 bits per heavy atom. The lowest BCUT2D eigenvalue weighted by Gasteiger charge is -2.13. The second-order valence-electron chi connectivity index (χ2n) is 5.96. The van der Waals surface area contributed by atoms with Crippen molar-refractivity contribution in [1.29, 1.82) is 0 Å². The van der Waals surface area contributed by atoms with Gasteiger partial charge in [-0.1, -0.05) is 12.1 Å². The van der Waals surface area contributed by atoms with Crippen LogP contribution in [0.4, 0.5) is 17.5 Å². The van der Waals surface area contributed by atoms with Crippen LogP contribution in [0, 0.1) is 6.92 Å². The van der Waals surface area contributed by atoms with Crippen molar-refractivity contribution in [2.45, 2.75) is 13.3 Å². The van der Waals surface area contributed by atoms with Gasteiger partial charge in [0.1, 0.15) is 5.82 Å². The van der Waals surface area contributed by atoms with E-state index in [1.165, 1.54) is 7.11 Å². The summed E-state index contributed by atoms with van der Waals surface area (Å²) >= 11 is 0. The number of esters is 1. The molecule has 0 amide bonds. The quantitative estimate of drug-likeness (QED) is 0.563. The Labute approximate surface area is 148 Å². The molecule has 1 aromatic heterocycles. The normalized spacial score (nSPS) is 10.6. The number of hydrogen-bond acceptors (Lipinski definition) is 7. The first-order valence-electron chi connectivity index (χ1n) is 8.18. The first kappa shape index (κ1) is 18.7. The Hall–Kier alpha value is -2.67. The van der Waals surface area contributed by atoms with Crippen molar-refractivity contribution in [3.05, 3.63) is 41.6 Å². The molecule has 0 unspecified atom stereocenters. The maximum atomic E-state index is 11.9. The molecular weight excluding hydrogens is 318 g/mol. The Balaban J connectivity index is 2.11. The second kappa shape index (κ2) is 8.98. The highest BCUT2D eigenvalue weighted by atomic mass is 16.5. The first-order chi connectivity index (χ1) is 12.0. The molecule has 2 rings (SSSR count). The summed E-state index contributed by atoms with van der Waals surface area (Å²) in [4.78, 5) is 22.9. The molecule has 7 nitrogen and oxygen atoms in total. The fourth-order valence-corrected chi connectivity index (χ4v) is 2.33. The molecule has 1 aromatic carbocycles. The van der Waals surface area contributed by atoms with Gasteiger partial charge < -0.3 is 20.3 Å². The number of aryl methyl sites for hydroxylation is 1. The zero-order valence-corrected chi connectivity index (χ0v) is 15.2. The fraction of sp³-hybridized carbons (Fsp3) is 0.389. The molecule has 25 heavy (non-hydrogen) atoms. The van der Waals surface area contributed by atoms with Gasteiger partial charge in [-0.05, 0) is 46.1 Å². The highest BCUT2D eigenvalue weighted by Gasteiger charge is 2.12. The van der Waals surface area contributed by atoms with Crippen LogP contribution in [0.3, 0.4) is 0 Å². The fourth-order valence-electron chi connectivity index (χ4n) is 2.33. The molecule has 0 aliphatic rings. The van der Waals surface area contributed by atoms with Gasteiger partial charge in [0.15, 0.2) is 0 Å². The summed E-state index contributed by atoms with van der Waals surface area (Å²) in [5.41, 5.74) is 1.94. The molecule has 0 saturated heterocycles. The molecule has 0 fully saturated rings. The van der Waals surface area contributed by atoms with Gasteiger partial charge in [-0.3, -0.25) is 0 Å². The van der Waals surface area contributed by atoms with Crippen LogP contribution in [0.2, 0.25) is 0 Å². The molecule has 0 bridgehead atoms. The smallest absolute Gasteiger partial charge is 0.339 e. The van der Waals surface area contributed by atoms with Gasteiger partial charge in [0.25, 0.3) is 0 Å². The average molecular weight is 343 g/mol. The zero-order valence-electron chi connectivity index (χ0n) is 15.2. The van der Waals surface area contributed by atoms with Crippen LogP contribution in [-0.4, -0.2) is 55.1 Å². The third-order valence-electron chi connectivity index (χ3n) is 3.51. The number of carbonyl (C=O) groups is 1. The molecular formula is C18H25N5O2. The minimum absolute atomic E-state index is 0.393. The summed E-state index contributed by atoms with van der Waals surface area (Å²) in [6.07, 6.45) is 0.998. The van der Waals surface area contributed by atoms with Crippen LogP contribution in [0.15, 0.2) is 30.3 Å². The molecule has 134 valence electrons. The van der Waals surface area contributed by atoms with Gasteiger partial charge in [-0.15, -0.1) is 0 Å². The standard InChI is InChI=1S/C18H25N5O2/c1-13-12-16(22-18(20-13)19-10-7-11-23(2)3)21-15-9-6-5-8-14(15)17(24)25-4/h5-6,8-9,12H,7,10-11H2,1-4H3,(H2,19,20,21,22). The van der Waals surface area contributed by atoms with Crippen molar-refractivity contribution < 1.29 is 9.53 Å². The minimum Gasteiger partial charge on any atom is -0.465 e. The average Bonchev–Trinajstić information content (AvgIpc) is 2.58. The van der Waals surface area contributed by atoms with Crippen LogP contribution in [0.1, 0.15) is 22.5 Å². The predicted octanol–water partition coefficient (Wildman–Crippen LogP) is 2.68. The van der Waals surface area contributed by atoms with E-state index in [9.17, 15) is 4.79 Å². The van der Waals surface area contributed by atoms with Crippen molar-refractivity contribution in [1.82, 2.24) is 14.9 Å². The number of anilines is 3. The van der Waals surface area contributed by atoms with Gasteiger partial charge in [-0.25, -0.2) is 9.78 Å². The monoisotopic (exact) mass is 343 g/mol. The summed E-state index contributed by atoms with van der Waals surface area (Å²) in [6, 6.07) is 9.00. The van der Waals surface area contributed by atoms with Crippen LogP contribution >= 0.6 is 0 Å². The van der Waals surface area contributed by atoms with E-state index in [0.717, 1.165) is 25.2 Å². The number of ether oxygens (including phenoxy) is 1. The minimum atomic E-state index is -0.393. The van der Waals surface area contributed by atoms with Gasteiger partial charge in [-0.2, -0.15) is 4.98 Å². The third kappa shape index (κ3) is 5.72. The number of nitrogens with one attached hydrogen (secondary N) is 2. The Kier molecular flexibility index (Phi) is 6.71. The van der Waals surface area contributed by atoms with Crippen LogP contribution in [-0.2, 0) is 4.74 Å². The molecule has 0 spiro atoms. The Morgan fingerprint density at radius 3 is 2.72 bits per heavy atom. The maximum Gasteiger partial charge on any atom is 0.339 e. The maximum absolute atomic E-state index is 11.9. The number of hydrogen-bond donors (Lipinski definition) is 2. The van der Waals surface area contributed by atoms with E-state index in [-0.39, 0.29) is 0 Å². The van der Waals surface area contributed by atoms with Gasteiger partial charge in [0.2, 0.25) is 5.95 Å². The number of nitrogens with zero attached hydrogens (tertiary/aromatic N) is 3. The van der Waals surface area contributed by atoms with Gasteiger partial charge in [0, 0.05) is 18.3 Å². The largest absolute Gasteiger partial charge is 0.465 e. The number of carbonyl (C=O) groups excluding carboxylic acids is 1. The van der Waals surface area contributed by atoms with Crippen LogP contribution in [0.25, 0.3) is 0 Å². The van der Waals surface area contributed by atoms with E-state index >= 15 is 0 Å². The highest BCUT2D eigenvalue weighted by Crippen LogP contribution is 2.21. The lowest BCUT2D eigenvalue weighted by atomic mass is 10.2. The summed E-state index contributed by atoms with van der Waals surface area (Å²) in [5.74, 6) is 0.798. The molecule has 2 N–H and O–H groups in total. The van der Waals surface area contributed by atoms with Gasteiger partial charge >= 0.3 is 5.97 Å². The number of para-hydroxylation sites is 1. The van der Waals surface area contributed by atoms with E-state index in [1.54, 1.807) is 12.1 Å². The summed E-state index contributed by atoms with van der Waals surface area (Å²) in [6.45, 7) is 3.69. The molecule has 2 aromatic rings. The highest BCUT2D eigenvalue weighted by molar-refractivity contribution is 5.96. The SMILES string of the molecule is COC(=O)c1ccccc1Nc1cc(C)nc(NCCCN(C)C)n1. The number of benzene rings is 1. The summed E-state index contributed by atoms with van der Waals surface area (Å²) in [5, 5.41) is 6.41. The molecule has 0 saturated carbocycles. The predicted molar refractivity (Wildman–Crippen MR) is 99.5 cm³/mol. The number of aromatic nitrogens is 2. The topological polar surface area (TPSA) is 79.4 Å². The molecule has 0 atom stereocenters. The van der Waals surface area contributed by atoms with Gasteiger partial charge in [0.05, 0.1) is 18.4 Å². The Morgan fingerprint density at radius 1 is 1.24 bits per heavy atom. The van der Waals surface area contributed by atoms with Crippen molar-refractivity contribution >= 4 is 23.4 Å². The van der Waals surface area contributed by atoms with Crippen LogP contribution in [0.5, 0.6) is 0 Å². The number of methoxy groups -OCH3 is 1. The molecule has 0 aliphatic carbocycles. The van der Waals surface area contributed by atoms with E-state index in [0.29, 0.717) is 23.0 Å². The third-order valence-corrected chi connectivity index (χ3v) is 3.51. The number of rotatable bonds is 8. The van der Waals surface area contributed by atoms with E-state index < -0.39 is 5.97 Å². The second-order valence-corrected chi connectivity index (χ2v) is 5.96. The van der Waals surface area contributed by atoms with E-state index in [4.69, 9.17) is 4.74 Å². The van der Waals surface area contributed by atoms with Crippen molar-refractivity contribution in [3.8, 4) is 0 Å². The van der Waals surface area contributed by atoms with Crippen molar-refractivity contribution in [2.75, 3.05) is 44.9 Å². The lowest BCUT2D eigenvalue weighted by molar-refractivity contribution is 0.0602. The zero-order chi connectivity index (χ0) is 18.2. The molecule has 0 radical (unpaired) electrons. The summed E-state index contributed by atoms with van der Waals surface area (Å²) in [7, 11) is 5.46. The molecule has 7 heteroatoms. The Bertz CT molecular complexity index is 718. The van der Waals surface area contributed by atoms with E-state index in [1.807, 2.05) is 39.2 Å². The van der Waals surface area contributed by atoms with Crippen LogP contribution < -0.4 is 10.6 Å². The van der Waals surface area contributed by atoms with Crippen molar-refractivity contribution in [2.24, 2.45) is 0 Å². The molecule has 0 aliphatic heterocycles. The molecule has 1 heterocycles. The summed E-state index contributed by atoms with van der Waals surface area (Å²) < 4.78 is 4.82. The van der Waals surface area contributed by atoms with Crippen molar-refractivity contribution in [3.63, 3.8) is 0 Å². The van der Waals surface area contributed by atoms with E-state index in [2.05, 4.69) is 25.5 Å².